The van der Waals surface area contributed by atoms with Gasteiger partial charge in [0.2, 0.25) is 0 Å². The quantitative estimate of drug-likeness (QED) is 0.888. The Morgan fingerprint density at radius 3 is 2.79 bits per heavy atom. The Balaban J connectivity index is 2.10. The van der Waals surface area contributed by atoms with Crippen LogP contribution in [0.5, 0.6) is 0 Å². The lowest BCUT2D eigenvalue weighted by atomic mass is 9.75. The first-order valence-electron chi connectivity index (χ1n) is 6.17. The largest absolute Gasteiger partial charge is 0.391 e. The third-order valence-electron chi connectivity index (χ3n) is 3.58. The van der Waals surface area contributed by atoms with Crippen LogP contribution in [0.2, 0.25) is 0 Å². The Bertz CT molecular complexity index is 452. The van der Waals surface area contributed by atoms with Gasteiger partial charge in [-0.1, -0.05) is 0 Å². The number of hydrogen-bond acceptors (Lipinski definition) is 2. The summed E-state index contributed by atoms with van der Waals surface area (Å²) in [7, 11) is 0. The molecule has 1 saturated carbocycles. The molecule has 0 bridgehead atoms. The number of alkyl halides is 3. The van der Waals surface area contributed by atoms with Crippen LogP contribution >= 0.6 is 15.9 Å². The van der Waals surface area contributed by atoms with E-state index in [-0.39, 0.29) is 19.3 Å². The molecule has 2 atom stereocenters. The summed E-state index contributed by atoms with van der Waals surface area (Å²) in [4.78, 5) is 3.97. The van der Waals surface area contributed by atoms with Crippen LogP contribution in [0, 0.1) is 5.92 Å². The number of aromatic nitrogens is 1. The molecule has 0 aromatic carbocycles. The second-order valence-corrected chi connectivity index (χ2v) is 6.16. The van der Waals surface area contributed by atoms with E-state index in [1.54, 1.807) is 18.5 Å². The molecule has 1 aromatic heterocycles. The molecule has 0 aliphatic heterocycles. The molecule has 1 fully saturated rings. The van der Waals surface area contributed by atoms with Crippen LogP contribution in [-0.2, 0) is 6.42 Å². The van der Waals surface area contributed by atoms with E-state index in [2.05, 4.69) is 20.9 Å². The molecule has 2 rings (SSSR count). The van der Waals surface area contributed by atoms with Crippen molar-refractivity contribution < 1.29 is 18.3 Å². The van der Waals surface area contributed by atoms with Gasteiger partial charge in [-0.05, 0) is 53.2 Å². The average molecular weight is 338 g/mol. The van der Waals surface area contributed by atoms with E-state index in [0.717, 1.165) is 10.0 Å². The van der Waals surface area contributed by atoms with Crippen molar-refractivity contribution in [1.29, 1.82) is 0 Å². The van der Waals surface area contributed by atoms with Gasteiger partial charge in [0.05, 0.1) is 11.5 Å². The highest BCUT2D eigenvalue weighted by atomic mass is 79.9. The molecular formula is C13H15BrF3NO. The Morgan fingerprint density at radius 1 is 1.42 bits per heavy atom. The Hall–Kier alpha value is -0.620. The van der Waals surface area contributed by atoms with E-state index < -0.39 is 17.7 Å². The molecule has 0 spiro atoms. The molecule has 106 valence electrons. The zero-order valence-electron chi connectivity index (χ0n) is 10.3. The van der Waals surface area contributed by atoms with E-state index in [4.69, 9.17) is 0 Å². The van der Waals surface area contributed by atoms with Crippen molar-refractivity contribution in [2.45, 2.75) is 43.9 Å². The van der Waals surface area contributed by atoms with Gasteiger partial charge in [-0.15, -0.1) is 0 Å². The lowest BCUT2D eigenvalue weighted by molar-refractivity contribution is -0.200. The van der Waals surface area contributed by atoms with Crippen molar-refractivity contribution in [3.8, 4) is 0 Å². The summed E-state index contributed by atoms with van der Waals surface area (Å²) < 4.78 is 39.0. The molecule has 0 amide bonds. The predicted molar refractivity (Wildman–Crippen MR) is 68.6 cm³/mol. The number of hydrogen-bond donors (Lipinski definition) is 1. The van der Waals surface area contributed by atoms with Crippen LogP contribution in [0.3, 0.4) is 0 Å². The monoisotopic (exact) mass is 337 g/mol. The Morgan fingerprint density at radius 2 is 2.16 bits per heavy atom. The van der Waals surface area contributed by atoms with Crippen molar-refractivity contribution in [2.24, 2.45) is 5.92 Å². The summed E-state index contributed by atoms with van der Waals surface area (Å²) in [5, 5.41) is 10.4. The van der Waals surface area contributed by atoms with Crippen LogP contribution in [0.25, 0.3) is 0 Å². The van der Waals surface area contributed by atoms with Gasteiger partial charge in [0.15, 0.2) is 0 Å². The minimum absolute atomic E-state index is 0.114. The van der Waals surface area contributed by atoms with Crippen molar-refractivity contribution in [3.05, 3.63) is 28.5 Å². The molecule has 0 radical (unpaired) electrons. The van der Waals surface area contributed by atoms with Crippen LogP contribution in [-0.4, -0.2) is 21.9 Å². The molecule has 0 saturated heterocycles. The minimum Gasteiger partial charge on any atom is -0.390 e. The summed E-state index contributed by atoms with van der Waals surface area (Å²) in [5.41, 5.74) is -0.527. The molecule has 1 heterocycles. The maximum Gasteiger partial charge on any atom is 0.391 e. The highest BCUT2D eigenvalue weighted by molar-refractivity contribution is 9.10. The first-order chi connectivity index (χ1) is 8.78. The van der Waals surface area contributed by atoms with E-state index in [1.165, 1.54) is 0 Å². The summed E-state index contributed by atoms with van der Waals surface area (Å²) in [6.45, 7) is 0. The van der Waals surface area contributed by atoms with E-state index in [1.807, 2.05) is 0 Å². The molecule has 1 aliphatic rings. The maximum absolute atomic E-state index is 12.8. The van der Waals surface area contributed by atoms with Crippen molar-refractivity contribution >= 4 is 15.9 Å². The summed E-state index contributed by atoms with van der Waals surface area (Å²) in [6.07, 6.45) is -0.109. The topological polar surface area (TPSA) is 33.1 Å². The number of halogens is 4. The molecule has 1 aliphatic carbocycles. The first kappa shape index (κ1) is 14.8. The standard InChI is InChI=1S/C13H15BrF3NO/c14-11-4-9(7-18-8-11)5-12(19)3-1-2-10(6-12)13(15,16)17/h4,7-8,10,19H,1-3,5-6H2. The van der Waals surface area contributed by atoms with Gasteiger partial charge < -0.3 is 5.11 Å². The van der Waals surface area contributed by atoms with Gasteiger partial charge in [0.1, 0.15) is 0 Å². The Labute approximate surface area is 118 Å². The highest BCUT2D eigenvalue weighted by Crippen LogP contribution is 2.42. The third-order valence-corrected chi connectivity index (χ3v) is 4.01. The van der Waals surface area contributed by atoms with Crippen LogP contribution < -0.4 is 0 Å². The van der Waals surface area contributed by atoms with Crippen LogP contribution in [0.1, 0.15) is 31.2 Å². The van der Waals surface area contributed by atoms with Crippen molar-refractivity contribution in [1.82, 2.24) is 4.98 Å². The zero-order chi connectivity index (χ0) is 14.1. The fraction of sp³-hybridized carbons (Fsp3) is 0.615. The molecule has 19 heavy (non-hydrogen) atoms. The predicted octanol–water partition coefficient (Wildman–Crippen LogP) is 3.87. The normalized spacial score (nSPS) is 28.4. The molecule has 2 unspecified atom stereocenters. The fourth-order valence-corrected chi connectivity index (χ4v) is 3.12. The number of pyridine rings is 1. The number of aliphatic hydroxyl groups is 1. The van der Waals surface area contributed by atoms with E-state index in [0.29, 0.717) is 12.8 Å². The van der Waals surface area contributed by atoms with Gasteiger partial charge in [0, 0.05) is 23.3 Å². The van der Waals surface area contributed by atoms with Gasteiger partial charge in [-0.3, -0.25) is 4.98 Å². The summed E-state index contributed by atoms with van der Waals surface area (Å²) >= 11 is 3.26. The average Bonchev–Trinajstić information content (AvgIpc) is 2.27. The summed E-state index contributed by atoms with van der Waals surface area (Å²) in [6, 6.07) is 1.78. The third kappa shape index (κ3) is 3.92. The molecule has 1 N–H and O–H groups in total. The maximum atomic E-state index is 12.8. The lowest BCUT2D eigenvalue weighted by Crippen LogP contribution is -2.41. The molecule has 2 nitrogen and oxygen atoms in total. The van der Waals surface area contributed by atoms with Gasteiger partial charge in [-0.2, -0.15) is 13.2 Å². The number of rotatable bonds is 2. The molecule has 1 aromatic rings. The lowest BCUT2D eigenvalue weighted by Gasteiger charge is -2.37. The first-order valence-corrected chi connectivity index (χ1v) is 6.96. The second kappa shape index (κ2) is 5.40. The number of nitrogens with zero attached hydrogens (tertiary/aromatic N) is 1. The van der Waals surface area contributed by atoms with Gasteiger partial charge in [-0.25, -0.2) is 0 Å². The molecule has 6 heteroatoms. The minimum atomic E-state index is -4.22. The molecular weight excluding hydrogens is 323 g/mol. The Kier molecular flexibility index (Phi) is 4.20. The van der Waals surface area contributed by atoms with E-state index in [9.17, 15) is 18.3 Å². The SMILES string of the molecule is OC1(Cc2cncc(Br)c2)CCCC(C(F)(F)F)C1. The van der Waals surface area contributed by atoms with Crippen LogP contribution in [0.4, 0.5) is 13.2 Å². The van der Waals surface area contributed by atoms with Gasteiger partial charge in [0.25, 0.3) is 0 Å². The summed E-state index contributed by atoms with van der Waals surface area (Å²) in [5.74, 6) is -1.40. The zero-order valence-corrected chi connectivity index (χ0v) is 11.8. The highest BCUT2D eigenvalue weighted by Gasteiger charge is 2.46. The van der Waals surface area contributed by atoms with Gasteiger partial charge >= 0.3 is 6.18 Å². The second-order valence-electron chi connectivity index (χ2n) is 5.25. The fourth-order valence-electron chi connectivity index (χ4n) is 2.71. The van der Waals surface area contributed by atoms with Crippen molar-refractivity contribution in [3.63, 3.8) is 0 Å². The van der Waals surface area contributed by atoms with E-state index >= 15 is 0 Å². The van der Waals surface area contributed by atoms with Crippen LogP contribution in [0.15, 0.2) is 22.9 Å². The van der Waals surface area contributed by atoms with Crippen molar-refractivity contribution in [2.75, 3.05) is 0 Å². The smallest absolute Gasteiger partial charge is 0.390 e.